The molecule has 1 aromatic rings. The molecule has 5 nitrogen and oxygen atoms in total. The molecule has 0 unspecified atom stereocenters. The van der Waals surface area contributed by atoms with Gasteiger partial charge in [-0.2, -0.15) is 0 Å². The molecule has 0 N–H and O–H groups in total. The first kappa shape index (κ1) is 8.58. The fraction of sp³-hybridized carbons (Fsp3) is 0. The van der Waals surface area contributed by atoms with Gasteiger partial charge in [0.05, 0.1) is 4.90 Å². The summed E-state index contributed by atoms with van der Waals surface area (Å²) in [5, 5.41) is 3.29. The van der Waals surface area contributed by atoms with Crippen molar-refractivity contribution < 1.29 is 8.42 Å². The Kier molecular flexibility index (Phi) is 2.68. The zero-order chi connectivity index (χ0) is 8.97. The average molecular weight is 183 g/mol. The van der Waals surface area contributed by atoms with E-state index < -0.39 is 10.7 Å². The molecule has 0 bridgehead atoms. The van der Waals surface area contributed by atoms with Crippen LogP contribution in [0.1, 0.15) is 0 Å². The maximum absolute atomic E-state index is 10.4. The molecule has 0 amide bonds. The second-order valence-corrected chi connectivity index (χ2v) is 2.99. The minimum atomic E-state index is -2.55. The Bertz CT molecular complexity index is 382. The summed E-state index contributed by atoms with van der Waals surface area (Å²) in [6.07, 6.45) is 0. The summed E-state index contributed by atoms with van der Waals surface area (Å²) in [5.41, 5.74) is 8.44. The molecule has 0 saturated carbocycles. The van der Waals surface area contributed by atoms with Gasteiger partial charge in [-0.25, -0.2) is 8.42 Å². The lowest BCUT2D eigenvalue weighted by Gasteiger charge is -1.90. The van der Waals surface area contributed by atoms with E-state index >= 15 is 0 Å². The number of rotatable bonds is 2. The van der Waals surface area contributed by atoms with Crippen LogP contribution in [0.4, 0.5) is 5.69 Å². The van der Waals surface area contributed by atoms with Crippen LogP contribution < -0.4 is 0 Å². The summed E-state index contributed by atoms with van der Waals surface area (Å²) >= 11 is 0. The Hall–Kier alpha value is -1.52. The van der Waals surface area contributed by atoms with Crippen molar-refractivity contribution in [1.82, 2.24) is 0 Å². The molecule has 0 aromatic heterocycles. The lowest BCUT2D eigenvalue weighted by molar-refractivity contribution is 0.614. The topological polar surface area (TPSA) is 82.9 Å². The van der Waals surface area contributed by atoms with E-state index in [-0.39, 0.29) is 4.90 Å². The lowest BCUT2D eigenvalue weighted by atomic mass is 10.3. The summed E-state index contributed by atoms with van der Waals surface area (Å²) < 4.78 is 20.8. The Morgan fingerprint density at radius 2 is 1.83 bits per heavy atom. The number of thiol groups is 1. The fourth-order valence-electron chi connectivity index (χ4n) is 0.693. The third-order valence-corrected chi connectivity index (χ3v) is 1.94. The summed E-state index contributed by atoms with van der Waals surface area (Å²) in [6, 6.07) is 5.66. The Morgan fingerprint density at radius 3 is 2.25 bits per heavy atom. The highest BCUT2D eigenvalue weighted by Gasteiger charge is 1.92. The van der Waals surface area contributed by atoms with E-state index in [1.165, 1.54) is 24.3 Å². The van der Waals surface area contributed by atoms with Gasteiger partial charge in [0.15, 0.2) is 10.7 Å². The van der Waals surface area contributed by atoms with Gasteiger partial charge < -0.3 is 0 Å². The minimum absolute atomic E-state index is 0.210. The second kappa shape index (κ2) is 3.75. The zero-order valence-electron chi connectivity index (χ0n) is 5.91. The van der Waals surface area contributed by atoms with E-state index in [2.05, 4.69) is 10.0 Å². The van der Waals surface area contributed by atoms with Gasteiger partial charge in [0.2, 0.25) is 0 Å². The molecule has 0 aliphatic rings. The second-order valence-electron chi connectivity index (χ2n) is 1.96. The van der Waals surface area contributed by atoms with Gasteiger partial charge in [0, 0.05) is 10.6 Å². The van der Waals surface area contributed by atoms with Crippen LogP contribution >= 0.6 is 0 Å². The molecule has 1 rings (SSSR count). The lowest BCUT2D eigenvalue weighted by Crippen LogP contribution is -1.76. The maximum atomic E-state index is 10.4. The molecule has 0 radical (unpaired) electrons. The van der Waals surface area contributed by atoms with Gasteiger partial charge in [-0.15, -0.1) is 0 Å². The maximum Gasteiger partial charge on any atom is 0.168 e. The van der Waals surface area contributed by atoms with Crippen LogP contribution in [0, 0.1) is 0 Å². The number of azide groups is 1. The van der Waals surface area contributed by atoms with Gasteiger partial charge in [-0.05, 0) is 17.7 Å². The molecule has 1 aromatic carbocycles. The normalized spacial score (nSPS) is 9.42. The first-order chi connectivity index (χ1) is 5.74. The monoisotopic (exact) mass is 183 g/mol. The number of hydrogen-bond acceptors (Lipinski definition) is 3. The molecule has 0 fully saturated rings. The molecular weight excluding hydrogens is 178 g/mol. The van der Waals surface area contributed by atoms with E-state index in [0.29, 0.717) is 5.69 Å². The Balaban J connectivity index is 3.08. The quantitative estimate of drug-likeness (QED) is 0.327. The van der Waals surface area contributed by atoms with Crippen molar-refractivity contribution in [3.05, 3.63) is 34.7 Å². The number of hydrogen-bond donors (Lipinski definition) is 1. The smallest absolute Gasteiger partial charge is 0.168 e. The highest BCUT2D eigenvalue weighted by Crippen LogP contribution is 2.13. The number of nitrogens with zero attached hydrogens (tertiary/aromatic N) is 3. The van der Waals surface area contributed by atoms with Crippen LogP contribution in [0.5, 0.6) is 0 Å². The predicted octanol–water partition coefficient (Wildman–Crippen LogP) is 1.60. The summed E-state index contributed by atoms with van der Waals surface area (Å²) in [6.45, 7) is 0. The molecule has 0 aliphatic carbocycles. The molecule has 0 heterocycles. The predicted molar refractivity (Wildman–Crippen MR) is 43.8 cm³/mol. The van der Waals surface area contributed by atoms with Gasteiger partial charge in [-0.3, -0.25) is 0 Å². The number of benzene rings is 1. The highest BCUT2D eigenvalue weighted by atomic mass is 32.2. The van der Waals surface area contributed by atoms with Crippen LogP contribution in [-0.2, 0) is 10.7 Å². The van der Waals surface area contributed by atoms with Gasteiger partial charge in [-0.1, -0.05) is 17.2 Å². The van der Waals surface area contributed by atoms with Crippen molar-refractivity contribution >= 4 is 16.4 Å². The highest BCUT2D eigenvalue weighted by molar-refractivity contribution is 7.72. The fourth-order valence-corrected chi connectivity index (χ4v) is 1.09. The molecule has 12 heavy (non-hydrogen) atoms. The van der Waals surface area contributed by atoms with Crippen LogP contribution in [-0.4, -0.2) is 8.42 Å². The molecule has 6 heteroatoms. The molecule has 62 valence electrons. The molecule has 0 atom stereocenters. The molecule has 0 saturated heterocycles. The van der Waals surface area contributed by atoms with Gasteiger partial charge in [0.25, 0.3) is 0 Å². The first-order valence-electron chi connectivity index (χ1n) is 3.03. The van der Waals surface area contributed by atoms with Crippen LogP contribution in [0.15, 0.2) is 34.3 Å². The van der Waals surface area contributed by atoms with E-state index in [9.17, 15) is 8.42 Å². The largest absolute Gasteiger partial charge is 0.227 e. The van der Waals surface area contributed by atoms with E-state index in [0.717, 1.165) is 0 Å². The zero-order valence-corrected chi connectivity index (χ0v) is 6.81. The van der Waals surface area contributed by atoms with E-state index in [1.807, 2.05) is 0 Å². The molecule has 0 aliphatic heterocycles. The summed E-state index contributed by atoms with van der Waals surface area (Å²) in [4.78, 5) is 2.76. The first-order valence-corrected chi connectivity index (χ1v) is 4.21. The van der Waals surface area contributed by atoms with Crippen molar-refractivity contribution in [3.63, 3.8) is 0 Å². The van der Waals surface area contributed by atoms with E-state index in [1.54, 1.807) is 0 Å². The standard InChI is InChI=1S/C6H5N3O2S/c7-9-8-5-1-3-6(4-2-5)12(10)11/h1-4,12H. The third-order valence-electron chi connectivity index (χ3n) is 1.22. The van der Waals surface area contributed by atoms with Crippen molar-refractivity contribution in [3.8, 4) is 0 Å². The van der Waals surface area contributed by atoms with Crippen molar-refractivity contribution in [1.29, 1.82) is 0 Å². The summed E-state index contributed by atoms with van der Waals surface area (Å²) in [5.74, 6) is 0. The van der Waals surface area contributed by atoms with Crippen molar-refractivity contribution in [2.24, 2.45) is 5.11 Å². The van der Waals surface area contributed by atoms with Crippen molar-refractivity contribution in [2.45, 2.75) is 4.90 Å². The summed E-state index contributed by atoms with van der Waals surface area (Å²) in [7, 11) is -2.55. The van der Waals surface area contributed by atoms with Crippen molar-refractivity contribution in [2.75, 3.05) is 0 Å². The SMILES string of the molecule is [N-]=[N+]=Nc1ccc([SH](=O)=O)cc1. The molecular formula is C6H5N3O2S. The van der Waals surface area contributed by atoms with E-state index in [4.69, 9.17) is 5.53 Å². The minimum Gasteiger partial charge on any atom is -0.227 e. The Morgan fingerprint density at radius 1 is 1.25 bits per heavy atom. The van der Waals surface area contributed by atoms with Crippen LogP contribution in [0.2, 0.25) is 0 Å². The third kappa shape index (κ3) is 1.98. The van der Waals surface area contributed by atoms with Crippen LogP contribution in [0.3, 0.4) is 0 Å². The van der Waals surface area contributed by atoms with Gasteiger partial charge >= 0.3 is 0 Å². The van der Waals surface area contributed by atoms with Gasteiger partial charge in [0.1, 0.15) is 0 Å². The molecule has 0 spiro atoms. The van der Waals surface area contributed by atoms with Crippen LogP contribution in [0.25, 0.3) is 10.4 Å². The average Bonchev–Trinajstić information content (AvgIpc) is 2.06. The Labute approximate surface area is 70.2 Å².